The van der Waals surface area contributed by atoms with Crippen molar-refractivity contribution in [3.63, 3.8) is 0 Å². The number of carbonyl (C=O) groups excluding carboxylic acids is 1. The van der Waals surface area contributed by atoms with Gasteiger partial charge in [-0.15, -0.1) is 0 Å². The van der Waals surface area contributed by atoms with Gasteiger partial charge in [-0.3, -0.25) is 4.79 Å². The molecule has 2 fully saturated rings. The summed E-state index contributed by atoms with van der Waals surface area (Å²) >= 11 is 0. The molecule has 0 radical (unpaired) electrons. The average molecular weight is 319 g/mol. The second-order valence-electron chi connectivity index (χ2n) is 6.81. The van der Waals surface area contributed by atoms with Gasteiger partial charge in [0.05, 0.1) is 0 Å². The summed E-state index contributed by atoms with van der Waals surface area (Å²) in [4.78, 5) is 25.8. The van der Waals surface area contributed by atoms with Gasteiger partial charge in [-0.25, -0.2) is 9.18 Å². The largest absolute Gasteiger partial charge is 0.480 e. The predicted octanol–water partition coefficient (Wildman–Crippen LogP) is 3.03. The van der Waals surface area contributed by atoms with E-state index in [0.717, 1.165) is 19.3 Å². The van der Waals surface area contributed by atoms with Crippen molar-refractivity contribution in [2.75, 3.05) is 6.54 Å². The monoisotopic (exact) mass is 319 g/mol. The van der Waals surface area contributed by atoms with Crippen LogP contribution in [0.4, 0.5) is 4.39 Å². The lowest BCUT2D eigenvalue weighted by atomic mass is 9.94. The maximum absolute atomic E-state index is 13.8. The second kappa shape index (κ2) is 6.30. The Balaban J connectivity index is 1.73. The summed E-state index contributed by atoms with van der Waals surface area (Å²) in [7, 11) is 0. The van der Waals surface area contributed by atoms with Crippen LogP contribution in [-0.4, -0.2) is 34.5 Å². The lowest BCUT2D eigenvalue weighted by Gasteiger charge is -2.26. The highest BCUT2D eigenvalue weighted by Crippen LogP contribution is 2.42. The van der Waals surface area contributed by atoms with Crippen LogP contribution >= 0.6 is 0 Å². The van der Waals surface area contributed by atoms with Crippen LogP contribution in [0.25, 0.3) is 0 Å². The van der Waals surface area contributed by atoms with Crippen molar-refractivity contribution in [2.24, 2.45) is 11.8 Å². The molecule has 2 aliphatic rings. The number of nitrogens with zero attached hydrogens (tertiary/aromatic N) is 1. The van der Waals surface area contributed by atoms with E-state index in [1.54, 1.807) is 18.2 Å². The van der Waals surface area contributed by atoms with E-state index in [4.69, 9.17) is 0 Å². The van der Waals surface area contributed by atoms with E-state index in [-0.39, 0.29) is 30.0 Å². The molecule has 0 bridgehead atoms. The van der Waals surface area contributed by atoms with Gasteiger partial charge in [0.15, 0.2) is 0 Å². The average Bonchev–Trinajstić information content (AvgIpc) is 3.07. The highest BCUT2D eigenvalue weighted by Gasteiger charge is 2.49. The van der Waals surface area contributed by atoms with Crippen LogP contribution in [0.2, 0.25) is 0 Å². The van der Waals surface area contributed by atoms with Gasteiger partial charge in [-0.2, -0.15) is 0 Å². The van der Waals surface area contributed by atoms with Crippen LogP contribution in [0.1, 0.15) is 44.1 Å². The van der Waals surface area contributed by atoms with E-state index >= 15 is 0 Å². The molecule has 1 aromatic rings. The number of carboxylic acids is 1. The smallest absolute Gasteiger partial charge is 0.326 e. The summed E-state index contributed by atoms with van der Waals surface area (Å²) in [5.74, 6) is -1.28. The van der Waals surface area contributed by atoms with E-state index in [0.29, 0.717) is 18.0 Å². The molecule has 124 valence electrons. The van der Waals surface area contributed by atoms with Crippen LogP contribution in [0.15, 0.2) is 24.3 Å². The molecule has 1 aromatic carbocycles. The van der Waals surface area contributed by atoms with Crippen LogP contribution < -0.4 is 0 Å². The number of benzene rings is 1. The topological polar surface area (TPSA) is 57.6 Å². The van der Waals surface area contributed by atoms with E-state index < -0.39 is 12.0 Å². The fraction of sp³-hybridized carbons (Fsp3) is 0.556. The molecule has 1 N–H and O–H groups in total. The van der Waals surface area contributed by atoms with Gasteiger partial charge in [-0.1, -0.05) is 31.5 Å². The molecular formula is C18H22FNO3. The third-order valence-corrected chi connectivity index (χ3v) is 5.38. The van der Waals surface area contributed by atoms with Crippen molar-refractivity contribution in [1.29, 1.82) is 0 Å². The molecule has 0 spiro atoms. The van der Waals surface area contributed by atoms with Crippen molar-refractivity contribution in [3.8, 4) is 0 Å². The number of carboxylic acid groups (broad SMARTS) is 1. The molecule has 1 aliphatic carbocycles. The summed E-state index contributed by atoms with van der Waals surface area (Å²) in [5.41, 5.74) is 0.507. The van der Waals surface area contributed by atoms with Gasteiger partial charge in [-0.05, 0) is 42.2 Å². The third-order valence-electron chi connectivity index (χ3n) is 5.38. The Kier molecular flexibility index (Phi) is 4.37. The second-order valence-corrected chi connectivity index (χ2v) is 6.81. The molecule has 5 heteroatoms. The number of hydrogen-bond donors (Lipinski definition) is 1. The van der Waals surface area contributed by atoms with E-state index in [2.05, 4.69) is 0 Å². The Bertz CT molecular complexity index is 618. The quantitative estimate of drug-likeness (QED) is 0.928. The molecule has 1 heterocycles. The maximum Gasteiger partial charge on any atom is 0.326 e. The fourth-order valence-corrected chi connectivity index (χ4v) is 4.24. The zero-order valence-electron chi connectivity index (χ0n) is 13.2. The predicted molar refractivity (Wildman–Crippen MR) is 83.4 cm³/mol. The number of aliphatic carboxylic acids is 1. The van der Waals surface area contributed by atoms with E-state index in [1.165, 1.54) is 11.0 Å². The Morgan fingerprint density at radius 3 is 2.78 bits per heavy atom. The molecule has 1 saturated carbocycles. The molecule has 3 rings (SSSR count). The van der Waals surface area contributed by atoms with Crippen molar-refractivity contribution >= 4 is 11.9 Å². The van der Waals surface area contributed by atoms with Crippen LogP contribution in [-0.2, 0) is 9.59 Å². The molecule has 0 aromatic heterocycles. The zero-order chi connectivity index (χ0) is 16.6. The molecule has 1 aliphatic heterocycles. The molecule has 4 atom stereocenters. The molecule has 4 unspecified atom stereocenters. The van der Waals surface area contributed by atoms with E-state index in [1.807, 2.05) is 6.92 Å². The Morgan fingerprint density at radius 2 is 2.09 bits per heavy atom. The van der Waals surface area contributed by atoms with Crippen molar-refractivity contribution in [3.05, 3.63) is 35.6 Å². The van der Waals surface area contributed by atoms with Gasteiger partial charge >= 0.3 is 5.97 Å². The summed E-state index contributed by atoms with van der Waals surface area (Å²) in [6, 6.07) is 5.73. The first-order valence-corrected chi connectivity index (χ1v) is 8.25. The number of halogens is 1. The maximum atomic E-state index is 13.8. The number of fused-ring (bicyclic) bond motifs is 1. The lowest BCUT2D eigenvalue weighted by molar-refractivity contribution is -0.149. The van der Waals surface area contributed by atoms with Crippen molar-refractivity contribution in [2.45, 2.75) is 44.6 Å². The van der Waals surface area contributed by atoms with Gasteiger partial charge in [0, 0.05) is 13.0 Å². The Hall–Kier alpha value is -1.91. The lowest BCUT2D eigenvalue weighted by Crippen LogP contribution is -2.43. The number of hydrogen-bond acceptors (Lipinski definition) is 2. The Morgan fingerprint density at radius 1 is 1.35 bits per heavy atom. The van der Waals surface area contributed by atoms with Crippen LogP contribution in [0.3, 0.4) is 0 Å². The minimum Gasteiger partial charge on any atom is -0.480 e. The third kappa shape index (κ3) is 2.96. The zero-order valence-corrected chi connectivity index (χ0v) is 13.2. The first-order valence-electron chi connectivity index (χ1n) is 8.25. The minimum atomic E-state index is -0.911. The molecule has 1 amide bonds. The van der Waals surface area contributed by atoms with Gasteiger partial charge in [0.1, 0.15) is 11.9 Å². The van der Waals surface area contributed by atoms with Gasteiger partial charge in [0.2, 0.25) is 5.91 Å². The summed E-state index contributed by atoms with van der Waals surface area (Å²) in [5, 5.41) is 9.52. The van der Waals surface area contributed by atoms with Crippen LogP contribution in [0, 0.1) is 17.7 Å². The highest BCUT2D eigenvalue weighted by atomic mass is 19.1. The van der Waals surface area contributed by atoms with Crippen molar-refractivity contribution in [1.82, 2.24) is 4.90 Å². The van der Waals surface area contributed by atoms with Gasteiger partial charge in [0.25, 0.3) is 0 Å². The first kappa shape index (κ1) is 16.0. The fourth-order valence-electron chi connectivity index (χ4n) is 4.24. The summed E-state index contributed by atoms with van der Waals surface area (Å²) in [6.45, 7) is 2.34. The highest BCUT2D eigenvalue weighted by molar-refractivity contribution is 5.85. The number of amides is 1. The summed E-state index contributed by atoms with van der Waals surface area (Å²) < 4.78 is 13.8. The van der Waals surface area contributed by atoms with Gasteiger partial charge < -0.3 is 10.0 Å². The minimum absolute atomic E-state index is 0.0835. The molecule has 1 saturated heterocycles. The standard InChI is InChI=1S/C18H22FNO3/c1-11(13-6-2-3-8-15(13)19)9-16(21)20-10-12-5-4-7-14(12)17(20)18(22)23/h2-3,6,8,11-12,14,17H,4-5,7,9-10H2,1H3,(H,22,23). The SMILES string of the molecule is CC(CC(=O)N1CC2CCCC2C1C(=O)O)c1ccccc1F. The number of rotatable bonds is 4. The normalized spacial score (nSPS) is 27.7. The Labute approximate surface area is 135 Å². The molecule has 23 heavy (non-hydrogen) atoms. The number of carbonyl (C=O) groups is 2. The van der Waals surface area contributed by atoms with Crippen LogP contribution in [0.5, 0.6) is 0 Å². The first-order chi connectivity index (χ1) is 11.0. The molecular weight excluding hydrogens is 297 g/mol. The summed E-state index contributed by atoms with van der Waals surface area (Å²) in [6.07, 6.45) is 3.08. The van der Waals surface area contributed by atoms with Crippen molar-refractivity contribution < 1.29 is 19.1 Å². The molecule has 4 nitrogen and oxygen atoms in total. The van der Waals surface area contributed by atoms with E-state index in [9.17, 15) is 19.1 Å². The number of likely N-dealkylation sites (tertiary alicyclic amines) is 1.